The van der Waals surface area contributed by atoms with Gasteiger partial charge in [-0.25, -0.2) is 0 Å². The Morgan fingerprint density at radius 2 is 1.46 bits per heavy atom. The lowest BCUT2D eigenvalue weighted by atomic mass is 9.83. The van der Waals surface area contributed by atoms with Gasteiger partial charge >= 0.3 is 0 Å². The highest BCUT2D eigenvalue weighted by atomic mass is 16.7. The fourth-order valence-electron chi connectivity index (χ4n) is 4.54. The molecule has 0 aromatic heterocycles. The van der Waals surface area contributed by atoms with Crippen LogP contribution >= 0.6 is 0 Å². The molecular weight excluding hydrogens is 304 g/mol. The molecule has 1 unspecified atom stereocenters. The predicted octanol–water partition coefficient (Wildman–Crippen LogP) is 4.42. The Hall–Kier alpha value is -2.36. The van der Waals surface area contributed by atoms with Gasteiger partial charge in [-0.05, 0) is 59.2 Å². The standard InChI is InChI=1S/C20H20O4/c1-3-13-11(2)20(12-4-5-16-17(6-12)22-9-21-16)15-8-19-18(7-14(13)15)23-10-24-19/h4-8,11,13,20H,3,9-10H2,1-2H3/t11-,13+,20?/m1/s1. The third kappa shape index (κ3) is 1.86. The van der Waals surface area contributed by atoms with Crippen LogP contribution in [0.3, 0.4) is 0 Å². The minimum atomic E-state index is 0.311. The van der Waals surface area contributed by atoms with E-state index in [1.165, 1.54) is 16.7 Å². The maximum atomic E-state index is 5.62. The van der Waals surface area contributed by atoms with E-state index in [0.717, 1.165) is 29.4 Å². The van der Waals surface area contributed by atoms with Gasteiger partial charge in [-0.1, -0.05) is 19.9 Å². The summed E-state index contributed by atoms with van der Waals surface area (Å²) in [6.07, 6.45) is 1.12. The molecule has 2 heterocycles. The van der Waals surface area contributed by atoms with Gasteiger partial charge in [0, 0.05) is 5.92 Å². The van der Waals surface area contributed by atoms with E-state index < -0.39 is 0 Å². The van der Waals surface area contributed by atoms with Crippen molar-refractivity contribution in [2.75, 3.05) is 13.6 Å². The zero-order valence-electron chi connectivity index (χ0n) is 13.9. The van der Waals surface area contributed by atoms with Gasteiger partial charge in [0.2, 0.25) is 13.6 Å². The van der Waals surface area contributed by atoms with Crippen LogP contribution < -0.4 is 18.9 Å². The molecule has 0 amide bonds. The maximum absolute atomic E-state index is 5.62. The van der Waals surface area contributed by atoms with Crippen molar-refractivity contribution in [2.45, 2.75) is 32.1 Å². The Morgan fingerprint density at radius 1 is 0.833 bits per heavy atom. The van der Waals surface area contributed by atoms with Crippen molar-refractivity contribution in [3.63, 3.8) is 0 Å². The summed E-state index contributed by atoms with van der Waals surface area (Å²) >= 11 is 0. The van der Waals surface area contributed by atoms with E-state index in [0.29, 0.717) is 31.3 Å². The zero-order valence-corrected chi connectivity index (χ0v) is 13.9. The lowest BCUT2D eigenvalue weighted by Crippen LogP contribution is -2.09. The van der Waals surface area contributed by atoms with Gasteiger partial charge in [0.05, 0.1) is 0 Å². The minimum Gasteiger partial charge on any atom is -0.454 e. The molecule has 0 N–H and O–H groups in total. The molecule has 0 spiro atoms. The Bertz CT molecular complexity index is 814. The Labute approximate surface area is 141 Å². The van der Waals surface area contributed by atoms with Crippen LogP contribution in [0.15, 0.2) is 30.3 Å². The number of fused-ring (bicyclic) bond motifs is 3. The molecule has 0 saturated carbocycles. The normalized spacial score (nSPS) is 25.8. The van der Waals surface area contributed by atoms with Gasteiger partial charge < -0.3 is 18.9 Å². The van der Waals surface area contributed by atoms with Crippen LogP contribution in [0.2, 0.25) is 0 Å². The van der Waals surface area contributed by atoms with E-state index in [1.807, 2.05) is 6.07 Å². The molecule has 24 heavy (non-hydrogen) atoms. The lowest BCUT2D eigenvalue weighted by Gasteiger charge is -2.21. The van der Waals surface area contributed by atoms with Crippen LogP contribution in [-0.2, 0) is 0 Å². The summed E-state index contributed by atoms with van der Waals surface area (Å²) in [6.45, 7) is 5.24. The van der Waals surface area contributed by atoms with Gasteiger partial charge in [0.15, 0.2) is 23.0 Å². The Balaban J connectivity index is 1.65. The number of hydrogen-bond acceptors (Lipinski definition) is 4. The first-order valence-corrected chi connectivity index (χ1v) is 8.59. The van der Waals surface area contributed by atoms with Crippen molar-refractivity contribution in [3.8, 4) is 23.0 Å². The van der Waals surface area contributed by atoms with Gasteiger partial charge in [0.1, 0.15) is 0 Å². The molecule has 0 bridgehead atoms. The fraction of sp³-hybridized carbons (Fsp3) is 0.400. The smallest absolute Gasteiger partial charge is 0.231 e. The van der Waals surface area contributed by atoms with Crippen LogP contribution in [0.5, 0.6) is 23.0 Å². The largest absolute Gasteiger partial charge is 0.454 e. The number of ether oxygens (including phenoxy) is 4. The monoisotopic (exact) mass is 324 g/mol. The van der Waals surface area contributed by atoms with E-state index in [4.69, 9.17) is 18.9 Å². The fourth-order valence-corrected chi connectivity index (χ4v) is 4.54. The van der Waals surface area contributed by atoms with E-state index in [2.05, 4.69) is 38.1 Å². The van der Waals surface area contributed by atoms with Gasteiger partial charge in [0.25, 0.3) is 0 Å². The van der Waals surface area contributed by atoms with Crippen molar-refractivity contribution < 1.29 is 18.9 Å². The van der Waals surface area contributed by atoms with E-state index in [-0.39, 0.29) is 0 Å². The summed E-state index contributed by atoms with van der Waals surface area (Å²) in [7, 11) is 0. The highest BCUT2D eigenvalue weighted by Gasteiger charge is 2.40. The molecule has 124 valence electrons. The number of rotatable bonds is 2. The molecule has 0 fully saturated rings. The lowest BCUT2D eigenvalue weighted by molar-refractivity contribution is 0.173. The third-order valence-corrected chi connectivity index (χ3v) is 5.67. The summed E-state index contributed by atoms with van der Waals surface area (Å²) in [5.41, 5.74) is 4.04. The van der Waals surface area contributed by atoms with Crippen LogP contribution in [0, 0.1) is 5.92 Å². The first-order chi connectivity index (χ1) is 11.8. The minimum absolute atomic E-state index is 0.311. The molecule has 2 aliphatic heterocycles. The highest BCUT2D eigenvalue weighted by Crippen LogP contribution is 2.54. The molecule has 1 aliphatic carbocycles. The van der Waals surface area contributed by atoms with Crippen molar-refractivity contribution >= 4 is 0 Å². The van der Waals surface area contributed by atoms with Crippen LogP contribution in [0.25, 0.3) is 0 Å². The summed E-state index contributed by atoms with van der Waals surface area (Å²) in [6, 6.07) is 10.7. The Morgan fingerprint density at radius 3 is 2.17 bits per heavy atom. The molecule has 2 aromatic carbocycles. The molecule has 4 heteroatoms. The van der Waals surface area contributed by atoms with Crippen molar-refractivity contribution in [1.29, 1.82) is 0 Å². The van der Waals surface area contributed by atoms with E-state index in [9.17, 15) is 0 Å². The number of benzene rings is 2. The second-order valence-corrected chi connectivity index (χ2v) is 6.80. The summed E-state index contributed by atoms with van der Waals surface area (Å²) in [5.74, 6) is 4.82. The molecule has 3 atom stereocenters. The second kappa shape index (κ2) is 5.07. The summed E-state index contributed by atoms with van der Waals surface area (Å²) < 4.78 is 22.3. The molecule has 3 aliphatic rings. The van der Waals surface area contributed by atoms with Gasteiger partial charge in [-0.2, -0.15) is 0 Å². The second-order valence-electron chi connectivity index (χ2n) is 6.80. The topological polar surface area (TPSA) is 36.9 Å². The molecular formula is C20H20O4. The zero-order chi connectivity index (χ0) is 16.3. The summed E-state index contributed by atoms with van der Waals surface area (Å²) in [4.78, 5) is 0. The van der Waals surface area contributed by atoms with Crippen molar-refractivity contribution in [3.05, 3.63) is 47.0 Å². The average Bonchev–Trinajstić information content (AvgIpc) is 3.28. The van der Waals surface area contributed by atoms with Crippen LogP contribution in [0.4, 0.5) is 0 Å². The first kappa shape index (κ1) is 14.0. The molecule has 2 aromatic rings. The molecule has 5 rings (SSSR count). The SMILES string of the molecule is CC[C@@H]1c2cc3c(cc2C(c2ccc4c(c2)OCO4)[C@@H]1C)OCO3. The third-order valence-electron chi connectivity index (χ3n) is 5.67. The van der Waals surface area contributed by atoms with Gasteiger partial charge in [-0.15, -0.1) is 0 Å². The molecule has 4 nitrogen and oxygen atoms in total. The van der Waals surface area contributed by atoms with Crippen molar-refractivity contribution in [2.24, 2.45) is 5.92 Å². The van der Waals surface area contributed by atoms with Gasteiger partial charge in [-0.3, -0.25) is 0 Å². The van der Waals surface area contributed by atoms with Crippen LogP contribution in [-0.4, -0.2) is 13.6 Å². The molecule has 0 saturated heterocycles. The highest BCUT2D eigenvalue weighted by molar-refractivity contribution is 5.57. The average molecular weight is 324 g/mol. The number of hydrogen-bond donors (Lipinski definition) is 0. The van der Waals surface area contributed by atoms with Crippen molar-refractivity contribution in [1.82, 2.24) is 0 Å². The quantitative estimate of drug-likeness (QED) is 0.819. The summed E-state index contributed by atoms with van der Waals surface area (Å²) in [5, 5.41) is 0. The predicted molar refractivity (Wildman–Crippen MR) is 89.2 cm³/mol. The van der Waals surface area contributed by atoms with E-state index in [1.54, 1.807) is 0 Å². The molecule has 0 radical (unpaired) electrons. The van der Waals surface area contributed by atoms with E-state index >= 15 is 0 Å². The Kier molecular flexibility index (Phi) is 2.96. The first-order valence-electron chi connectivity index (χ1n) is 8.59. The van der Waals surface area contributed by atoms with Crippen LogP contribution in [0.1, 0.15) is 48.8 Å². The maximum Gasteiger partial charge on any atom is 0.231 e.